The average molecular weight is 1140 g/mol. The Hall–Kier alpha value is -7.17. The van der Waals surface area contributed by atoms with Crippen LogP contribution in [0.1, 0.15) is 79.9 Å². The molecule has 82 heavy (non-hydrogen) atoms. The first-order valence-corrected chi connectivity index (χ1v) is 29.5. The molecule has 3 amide bonds. The molecule has 0 saturated carbocycles. The van der Waals surface area contributed by atoms with Crippen LogP contribution in [0.5, 0.6) is 17.5 Å². The number of thiazole rings is 1. The number of benzene rings is 3. The molecule has 4 aliphatic rings. The molecule has 3 saturated heterocycles. The zero-order chi connectivity index (χ0) is 57.4. The van der Waals surface area contributed by atoms with Crippen molar-refractivity contribution in [2.24, 2.45) is 5.92 Å². The fourth-order valence-electron chi connectivity index (χ4n) is 11.7. The Balaban J connectivity index is 0.691. The number of aliphatic hydroxyl groups excluding tert-OH is 1. The first-order chi connectivity index (χ1) is 39.7. The number of β-amino-alcohol motifs (C(OH)–C–C–N with tert-alkyl or cyclic N) is 1. The number of aromatic nitrogens is 4. The van der Waals surface area contributed by atoms with Crippen LogP contribution in [0.15, 0.2) is 83.4 Å². The first-order valence-electron chi connectivity index (χ1n) is 28.7. The number of aliphatic hydroxyl groups is 1. The summed E-state index contributed by atoms with van der Waals surface area (Å²) in [7, 11) is 0. The maximum Gasteiger partial charge on any atom is 0.318 e. The number of anilines is 2. The third-order valence-corrected chi connectivity index (χ3v) is 16.9. The third-order valence-electron chi connectivity index (χ3n) is 16.0. The molecule has 10 rings (SSSR count). The number of likely N-dealkylation sites (tertiary alicyclic amines) is 2. The van der Waals surface area contributed by atoms with Crippen LogP contribution in [-0.4, -0.2) is 172 Å². The molecule has 436 valence electrons. The Labute approximate surface area is 483 Å². The number of carbonyl (C=O) groups is 3. The van der Waals surface area contributed by atoms with E-state index in [1.54, 1.807) is 30.4 Å². The van der Waals surface area contributed by atoms with Crippen LogP contribution in [0, 0.1) is 19.8 Å². The van der Waals surface area contributed by atoms with Crippen molar-refractivity contribution in [2.45, 2.75) is 104 Å². The smallest absolute Gasteiger partial charge is 0.318 e. The van der Waals surface area contributed by atoms with Crippen molar-refractivity contribution in [1.29, 1.82) is 0 Å². The lowest BCUT2D eigenvalue weighted by Crippen LogP contribution is -2.49. The highest BCUT2D eigenvalue weighted by Crippen LogP contribution is 2.38. The number of nitrogens with one attached hydrogen (secondary N) is 1. The van der Waals surface area contributed by atoms with E-state index in [1.165, 1.54) is 11.0 Å². The van der Waals surface area contributed by atoms with Gasteiger partial charge in [-0.1, -0.05) is 62.0 Å². The van der Waals surface area contributed by atoms with Crippen LogP contribution in [0.4, 0.5) is 11.5 Å². The van der Waals surface area contributed by atoms with Crippen molar-refractivity contribution in [3.8, 4) is 28.0 Å². The van der Waals surface area contributed by atoms with Crippen molar-refractivity contribution < 1.29 is 48.1 Å². The maximum absolute atomic E-state index is 14.0. The van der Waals surface area contributed by atoms with E-state index in [0.29, 0.717) is 82.3 Å². The molecule has 3 N–H and O–H groups in total. The standard InChI is InChI=1S/C61H76N10O10S/c1-7-55(74)68-20-22-69(23-21-68)58-49-16-19-70(51-31-45(72)29-42-10-8-9-11-48(42)51)36-50(49)64-61(65-58)80-40(5)34-67-17-14-47(15-18-67)78-26-24-77-25-27-79-53-30-43(57-41(6)63-37-82-57)12-13-44(53)33-62-59(75)52-32-46(73)35-71(52)60(76)56(38(2)3)54-28-39(4)66-81-54/h7-13,28-31,37-38,40,46-47,52,56,72-73H,1,14-27,32-36H2,2-6H3,(H,62,75)/t40-,46-,52+,56-/m1/s1. The highest BCUT2D eigenvalue weighted by Gasteiger charge is 2.43. The van der Waals surface area contributed by atoms with Crippen LogP contribution < -0.4 is 24.6 Å². The predicted octanol–water partition coefficient (Wildman–Crippen LogP) is 6.82. The van der Waals surface area contributed by atoms with Gasteiger partial charge in [-0.3, -0.25) is 19.3 Å². The minimum absolute atomic E-state index is 0.0485. The molecule has 20 nitrogen and oxygen atoms in total. The second-order valence-electron chi connectivity index (χ2n) is 22.2. The minimum atomic E-state index is -0.856. The number of aryl methyl sites for hydroxylation is 2. The van der Waals surface area contributed by atoms with Crippen LogP contribution in [0.3, 0.4) is 0 Å². The molecule has 0 radical (unpaired) electrons. The van der Waals surface area contributed by atoms with E-state index >= 15 is 0 Å². The molecule has 4 aliphatic heterocycles. The normalized spacial score (nSPS) is 18.7. The summed E-state index contributed by atoms with van der Waals surface area (Å²) in [6.45, 7) is 21.1. The summed E-state index contributed by atoms with van der Waals surface area (Å²) in [5.41, 5.74) is 8.02. The summed E-state index contributed by atoms with van der Waals surface area (Å²) < 4.78 is 30.7. The van der Waals surface area contributed by atoms with Crippen molar-refractivity contribution >= 4 is 51.3 Å². The maximum atomic E-state index is 14.0. The van der Waals surface area contributed by atoms with Crippen molar-refractivity contribution in [3.63, 3.8) is 0 Å². The van der Waals surface area contributed by atoms with E-state index in [9.17, 15) is 24.6 Å². The quantitative estimate of drug-likeness (QED) is 0.0469. The number of aromatic hydroxyl groups is 1. The molecule has 21 heteroatoms. The summed E-state index contributed by atoms with van der Waals surface area (Å²) in [4.78, 5) is 66.1. The van der Waals surface area contributed by atoms with Gasteiger partial charge in [-0.2, -0.15) is 9.97 Å². The van der Waals surface area contributed by atoms with Gasteiger partial charge in [0.05, 0.1) is 66.0 Å². The van der Waals surface area contributed by atoms with Gasteiger partial charge < -0.3 is 58.6 Å². The van der Waals surface area contributed by atoms with E-state index in [-0.39, 0.29) is 67.7 Å². The number of carbonyl (C=O) groups excluding carboxylic acids is 3. The van der Waals surface area contributed by atoms with E-state index in [4.69, 9.17) is 33.4 Å². The fraction of sp³-hybridized carbons (Fsp3) is 0.492. The van der Waals surface area contributed by atoms with Crippen LogP contribution in [0.25, 0.3) is 21.2 Å². The van der Waals surface area contributed by atoms with Gasteiger partial charge in [-0.05, 0) is 75.1 Å². The number of hydrogen-bond donors (Lipinski definition) is 3. The second-order valence-corrected chi connectivity index (χ2v) is 23.0. The molecular formula is C61H76N10O10S. The topological polar surface area (TPSA) is 222 Å². The monoisotopic (exact) mass is 1140 g/mol. The molecule has 6 aromatic rings. The zero-order valence-corrected chi connectivity index (χ0v) is 48.4. The number of nitrogens with zero attached hydrogens (tertiary/aromatic N) is 9. The number of ether oxygens (including phenoxy) is 4. The van der Waals surface area contributed by atoms with Gasteiger partial charge in [0.25, 0.3) is 0 Å². The Morgan fingerprint density at radius 3 is 2.46 bits per heavy atom. The molecular weight excluding hydrogens is 1060 g/mol. The Kier molecular flexibility index (Phi) is 18.7. The zero-order valence-electron chi connectivity index (χ0n) is 47.6. The Morgan fingerprint density at radius 1 is 0.927 bits per heavy atom. The fourth-order valence-corrected chi connectivity index (χ4v) is 12.5. The summed E-state index contributed by atoms with van der Waals surface area (Å²) in [5.74, 6) is 0.628. The number of rotatable bonds is 22. The largest absolute Gasteiger partial charge is 0.508 e. The van der Waals surface area contributed by atoms with Crippen LogP contribution in [0.2, 0.25) is 0 Å². The Morgan fingerprint density at radius 2 is 1.72 bits per heavy atom. The van der Waals surface area contributed by atoms with Gasteiger partial charge >= 0.3 is 6.01 Å². The summed E-state index contributed by atoms with van der Waals surface area (Å²) in [5, 5.41) is 30.4. The van der Waals surface area contributed by atoms with Gasteiger partial charge in [0.15, 0.2) is 0 Å². The lowest BCUT2D eigenvalue weighted by molar-refractivity contribution is -0.141. The molecule has 3 aromatic heterocycles. The first kappa shape index (κ1) is 58.0. The molecule has 3 aromatic carbocycles. The van der Waals surface area contributed by atoms with Gasteiger partial charge in [-0.15, -0.1) is 11.3 Å². The summed E-state index contributed by atoms with van der Waals surface area (Å²) in [6, 6.07) is 18.8. The van der Waals surface area contributed by atoms with Gasteiger partial charge in [0.2, 0.25) is 17.7 Å². The molecule has 3 fully saturated rings. The van der Waals surface area contributed by atoms with Crippen LogP contribution >= 0.6 is 11.3 Å². The molecule has 0 aliphatic carbocycles. The SMILES string of the molecule is C=CC(=O)N1CCN(c2nc(O[C@H](C)CN3CCC(OCCOCCOc4cc(-c5scnc5C)ccc4CNC(=O)[C@@H]4C[C@@H](O)CN4C(=O)[C@@H](c4cc(C)no4)C(C)C)CC3)nc3c2CCN(c2cc(O)cc4ccccc24)C3)CC1. The van der Waals surface area contributed by atoms with Gasteiger partial charge in [0, 0.05) is 106 Å². The van der Waals surface area contributed by atoms with Gasteiger partial charge in [-0.25, -0.2) is 4.98 Å². The number of phenolic OH excluding ortho intramolecular Hbond substituents is 1. The van der Waals surface area contributed by atoms with E-state index < -0.39 is 18.1 Å². The minimum Gasteiger partial charge on any atom is -0.508 e. The van der Waals surface area contributed by atoms with Crippen molar-refractivity contribution in [2.75, 3.05) is 95.1 Å². The highest BCUT2D eigenvalue weighted by molar-refractivity contribution is 7.13. The lowest BCUT2D eigenvalue weighted by Gasteiger charge is -2.38. The second kappa shape index (κ2) is 26.4. The summed E-state index contributed by atoms with van der Waals surface area (Å²) >= 11 is 1.54. The molecule has 4 atom stereocenters. The predicted molar refractivity (Wildman–Crippen MR) is 312 cm³/mol. The number of hydrogen-bond acceptors (Lipinski definition) is 18. The van der Waals surface area contributed by atoms with Crippen LogP contribution in [-0.2, 0) is 43.4 Å². The average Bonchev–Trinajstić information content (AvgIpc) is 4.37. The third kappa shape index (κ3) is 13.7. The lowest BCUT2D eigenvalue weighted by atomic mass is 9.91. The number of piperidine rings is 1. The van der Waals surface area contributed by atoms with E-state index in [0.717, 1.165) is 94.1 Å². The molecule has 0 bridgehead atoms. The van der Waals surface area contributed by atoms with Crippen molar-refractivity contribution in [3.05, 3.63) is 113 Å². The number of phenols is 1. The van der Waals surface area contributed by atoms with E-state index in [1.807, 2.05) is 73.6 Å². The van der Waals surface area contributed by atoms with Gasteiger partial charge in [0.1, 0.15) is 47.7 Å². The molecule has 7 heterocycles. The molecule has 0 spiro atoms. The van der Waals surface area contributed by atoms with E-state index in [2.05, 4.69) is 49.7 Å². The Bertz CT molecular complexity index is 3210. The highest BCUT2D eigenvalue weighted by atomic mass is 32.1. The number of fused-ring (bicyclic) bond motifs is 2. The summed E-state index contributed by atoms with van der Waals surface area (Å²) in [6.07, 6.45) is 3.04. The molecule has 0 unspecified atom stereocenters. The van der Waals surface area contributed by atoms with Crippen molar-refractivity contribution in [1.82, 2.24) is 40.1 Å². The number of amides is 3. The number of piperazine rings is 1.